The standard InChI is InChI=1S/C21H15FN4O7/c1-2-32-11-25-10-15(22)19(29)26(21(25)31)18(28)12-4-3-5-13(8-12)20(30)33-16-7-6-14(9-23)17(27)24-16/h3-8,10H,2,11H2,1H3,(H,24,27). The van der Waals surface area contributed by atoms with Crippen LogP contribution in [0.15, 0.2) is 52.2 Å². The second-order valence-corrected chi connectivity index (χ2v) is 6.40. The lowest BCUT2D eigenvalue weighted by Gasteiger charge is -2.10. The number of benzene rings is 1. The van der Waals surface area contributed by atoms with Crippen molar-refractivity contribution in [3.63, 3.8) is 0 Å². The van der Waals surface area contributed by atoms with Crippen molar-refractivity contribution >= 4 is 11.9 Å². The van der Waals surface area contributed by atoms with E-state index in [0.29, 0.717) is 6.20 Å². The minimum atomic E-state index is -1.46. The highest BCUT2D eigenvalue weighted by Gasteiger charge is 2.21. The van der Waals surface area contributed by atoms with Crippen LogP contribution in [0.1, 0.15) is 33.2 Å². The number of esters is 1. The minimum absolute atomic E-state index is 0.0962. The lowest BCUT2D eigenvalue weighted by Crippen LogP contribution is -2.45. The molecule has 0 amide bonds. The zero-order chi connectivity index (χ0) is 24.1. The van der Waals surface area contributed by atoms with Gasteiger partial charge in [-0.15, -0.1) is 0 Å². The molecule has 3 rings (SSSR count). The van der Waals surface area contributed by atoms with Gasteiger partial charge in [-0.25, -0.2) is 9.59 Å². The predicted molar refractivity (Wildman–Crippen MR) is 108 cm³/mol. The summed E-state index contributed by atoms with van der Waals surface area (Å²) >= 11 is 0. The molecule has 0 atom stereocenters. The molecule has 0 aliphatic heterocycles. The molecule has 1 aromatic carbocycles. The van der Waals surface area contributed by atoms with Gasteiger partial charge in [0, 0.05) is 18.2 Å². The number of halogens is 1. The van der Waals surface area contributed by atoms with E-state index in [2.05, 4.69) is 4.98 Å². The first-order valence-electron chi connectivity index (χ1n) is 9.33. The molecule has 3 aromatic rings. The molecule has 0 aliphatic rings. The highest BCUT2D eigenvalue weighted by molar-refractivity contribution is 5.99. The number of carbonyl (C=O) groups excluding carboxylic acids is 2. The second-order valence-electron chi connectivity index (χ2n) is 6.40. The quantitative estimate of drug-likeness (QED) is 0.538. The van der Waals surface area contributed by atoms with E-state index in [1.54, 1.807) is 13.0 Å². The number of hydrogen-bond acceptors (Lipinski definition) is 9. The zero-order valence-electron chi connectivity index (χ0n) is 17.0. The van der Waals surface area contributed by atoms with Gasteiger partial charge in [0.15, 0.2) is 0 Å². The topological polar surface area (TPSA) is 154 Å². The van der Waals surface area contributed by atoms with Gasteiger partial charge in [0.2, 0.25) is 17.6 Å². The smallest absolute Gasteiger partial charge is 0.344 e. The first kappa shape index (κ1) is 23.0. The van der Waals surface area contributed by atoms with Crippen LogP contribution in [0.2, 0.25) is 0 Å². The van der Waals surface area contributed by atoms with Crippen LogP contribution in [0.3, 0.4) is 0 Å². The molecule has 0 radical (unpaired) electrons. The van der Waals surface area contributed by atoms with Crippen LogP contribution in [0.4, 0.5) is 4.39 Å². The van der Waals surface area contributed by atoms with Crippen molar-refractivity contribution in [1.29, 1.82) is 5.26 Å². The van der Waals surface area contributed by atoms with Crippen LogP contribution >= 0.6 is 0 Å². The third-order valence-corrected chi connectivity index (χ3v) is 4.26. The fraction of sp³-hybridized carbons (Fsp3) is 0.143. The van der Waals surface area contributed by atoms with Crippen molar-refractivity contribution in [1.82, 2.24) is 14.1 Å². The van der Waals surface area contributed by atoms with Gasteiger partial charge < -0.3 is 14.6 Å². The van der Waals surface area contributed by atoms with Crippen molar-refractivity contribution in [3.05, 3.63) is 85.9 Å². The van der Waals surface area contributed by atoms with Gasteiger partial charge in [0.05, 0.1) is 11.8 Å². The molecule has 12 heteroatoms. The van der Waals surface area contributed by atoms with Crippen molar-refractivity contribution in [3.8, 4) is 17.8 Å². The van der Waals surface area contributed by atoms with Crippen molar-refractivity contribution < 1.29 is 28.6 Å². The Balaban J connectivity index is 1.93. The zero-order valence-corrected chi connectivity index (χ0v) is 17.0. The molecule has 0 fully saturated rings. The van der Waals surface area contributed by atoms with Gasteiger partial charge in [-0.1, -0.05) is 6.07 Å². The number of rotatable bonds is 6. The molecule has 168 valence electrons. The minimum Gasteiger partial charge on any atom is -0.492 e. The number of ether oxygens (including phenoxy) is 2. The molecule has 11 nitrogen and oxygen atoms in total. The van der Waals surface area contributed by atoms with E-state index >= 15 is 0 Å². The highest BCUT2D eigenvalue weighted by atomic mass is 19.1. The summed E-state index contributed by atoms with van der Waals surface area (Å²) < 4.78 is 24.9. The van der Waals surface area contributed by atoms with Crippen LogP contribution in [0, 0.1) is 17.1 Å². The maximum absolute atomic E-state index is 14.0. The van der Waals surface area contributed by atoms with Crippen LogP contribution in [-0.2, 0) is 11.5 Å². The summed E-state index contributed by atoms with van der Waals surface area (Å²) in [5.74, 6) is -4.45. The summed E-state index contributed by atoms with van der Waals surface area (Å²) in [7, 11) is 0. The molecule has 33 heavy (non-hydrogen) atoms. The Morgan fingerprint density at radius 2 is 1.94 bits per heavy atom. The molecule has 0 saturated carbocycles. The number of aromatic nitrogens is 3. The third-order valence-electron chi connectivity index (χ3n) is 4.26. The van der Waals surface area contributed by atoms with Gasteiger partial charge >= 0.3 is 11.7 Å². The maximum Gasteiger partial charge on any atom is 0.344 e. The highest BCUT2D eigenvalue weighted by Crippen LogP contribution is 2.19. The van der Waals surface area contributed by atoms with Gasteiger partial charge in [-0.2, -0.15) is 19.2 Å². The summed E-state index contributed by atoms with van der Waals surface area (Å²) in [6.07, 6.45) is 0.637. The first-order chi connectivity index (χ1) is 15.8. The predicted octanol–water partition coefficient (Wildman–Crippen LogP) is 1.02. The van der Waals surface area contributed by atoms with E-state index in [4.69, 9.17) is 14.7 Å². The van der Waals surface area contributed by atoms with Crippen molar-refractivity contribution in [2.45, 2.75) is 13.7 Å². The Labute approximate surface area is 184 Å². The normalized spacial score (nSPS) is 10.5. The number of pyridine rings is 1. The molecule has 0 spiro atoms. The van der Waals surface area contributed by atoms with Crippen molar-refractivity contribution in [2.75, 3.05) is 6.61 Å². The van der Waals surface area contributed by atoms with Gasteiger partial charge in [-0.3, -0.25) is 14.2 Å². The lowest BCUT2D eigenvalue weighted by molar-refractivity contribution is 0.0726. The number of hydrogen-bond donors (Lipinski definition) is 1. The number of carbonyl (C=O) groups is 2. The molecule has 0 saturated heterocycles. The summed E-state index contributed by atoms with van der Waals surface area (Å²) in [6, 6.07) is 8.89. The van der Waals surface area contributed by atoms with Crippen LogP contribution < -0.4 is 16.0 Å². The van der Waals surface area contributed by atoms with E-state index in [-0.39, 0.29) is 40.5 Å². The molecule has 0 unspecified atom stereocenters. The van der Waals surface area contributed by atoms with E-state index in [0.717, 1.165) is 10.6 Å². The Hall–Kier alpha value is -4.63. The summed E-state index contributed by atoms with van der Waals surface area (Å²) in [5, 5.41) is 18.4. The Morgan fingerprint density at radius 1 is 1.21 bits per heavy atom. The average Bonchev–Trinajstić information content (AvgIpc) is 2.80. The molecule has 1 N–H and O–H groups in total. The molecule has 0 bridgehead atoms. The average molecular weight is 454 g/mol. The van der Waals surface area contributed by atoms with Gasteiger partial charge in [0.1, 0.15) is 18.4 Å². The van der Waals surface area contributed by atoms with Crippen LogP contribution in [0.5, 0.6) is 11.8 Å². The lowest BCUT2D eigenvalue weighted by atomic mass is 10.1. The number of aromatic hydroxyl groups is 1. The molecule has 0 aliphatic carbocycles. The van der Waals surface area contributed by atoms with Crippen LogP contribution in [-0.4, -0.2) is 37.7 Å². The summed E-state index contributed by atoms with van der Waals surface area (Å²) in [6.45, 7) is 1.47. The molecular formula is C21H15FN4O7. The van der Waals surface area contributed by atoms with E-state index in [1.165, 1.54) is 30.3 Å². The molecular weight excluding hydrogens is 439 g/mol. The van der Waals surface area contributed by atoms with Gasteiger partial charge in [0.25, 0.3) is 11.5 Å². The fourth-order valence-corrected chi connectivity index (χ4v) is 2.67. The third kappa shape index (κ3) is 4.83. The van der Waals surface area contributed by atoms with E-state index in [9.17, 15) is 28.7 Å². The van der Waals surface area contributed by atoms with Crippen molar-refractivity contribution in [2.24, 2.45) is 0 Å². The monoisotopic (exact) mass is 454 g/mol. The van der Waals surface area contributed by atoms with Gasteiger partial charge in [-0.05, 0) is 31.2 Å². The SMILES string of the molecule is CCOCn1cc(F)c(=O)n(C(=O)c2cccc(C(=O)Oc3ccc(C#N)c(O)n3)c2)c1=O. The number of nitriles is 1. The Kier molecular flexibility index (Phi) is 6.75. The second kappa shape index (κ2) is 9.67. The largest absolute Gasteiger partial charge is 0.492 e. The van der Waals surface area contributed by atoms with Crippen LogP contribution in [0.25, 0.3) is 0 Å². The first-order valence-corrected chi connectivity index (χ1v) is 9.33. The summed E-state index contributed by atoms with van der Waals surface area (Å²) in [5.41, 5.74) is -3.13. The fourth-order valence-electron chi connectivity index (χ4n) is 2.67. The van der Waals surface area contributed by atoms with E-state index in [1.807, 2.05) is 0 Å². The van der Waals surface area contributed by atoms with E-state index < -0.39 is 34.8 Å². The maximum atomic E-state index is 14.0. The summed E-state index contributed by atoms with van der Waals surface area (Å²) in [4.78, 5) is 53.5. The Bertz CT molecular complexity index is 1400. The Morgan fingerprint density at radius 3 is 2.61 bits per heavy atom. The molecule has 2 aromatic heterocycles. The molecule has 2 heterocycles. The number of nitrogens with zero attached hydrogens (tertiary/aromatic N) is 4.